The fourth-order valence-electron chi connectivity index (χ4n) is 2.96. The number of nitriles is 1. The van der Waals surface area contributed by atoms with Gasteiger partial charge in [0.15, 0.2) is 0 Å². The maximum Gasteiger partial charge on any atom is 0.240 e. The molecule has 1 amide bonds. The fraction of sp³-hybridized carbons (Fsp3) is 0.875. The van der Waals surface area contributed by atoms with E-state index < -0.39 is 5.41 Å². The van der Waals surface area contributed by atoms with Crippen molar-refractivity contribution in [2.24, 2.45) is 5.41 Å². The first-order valence-electron chi connectivity index (χ1n) is 7.90. The molecule has 0 aliphatic heterocycles. The average molecular weight is 264 g/mol. The smallest absolute Gasteiger partial charge is 0.240 e. The molecule has 1 aliphatic rings. The summed E-state index contributed by atoms with van der Waals surface area (Å²) in [7, 11) is 0. The highest BCUT2D eigenvalue weighted by Crippen LogP contribution is 2.36. The molecular weight excluding hydrogens is 236 g/mol. The van der Waals surface area contributed by atoms with Gasteiger partial charge in [0, 0.05) is 6.04 Å². The number of hydrogen-bond donors (Lipinski definition) is 1. The molecule has 1 N–H and O–H groups in total. The summed E-state index contributed by atoms with van der Waals surface area (Å²) in [5, 5.41) is 12.6. The predicted octanol–water partition coefficient (Wildman–Crippen LogP) is 3.94. The van der Waals surface area contributed by atoms with Crippen LogP contribution in [0.1, 0.15) is 78.1 Å². The highest BCUT2D eigenvalue weighted by molar-refractivity contribution is 5.85. The Hall–Kier alpha value is -1.04. The summed E-state index contributed by atoms with van der Waals surface area (Å²) in [6.07, 6.45) is 10.1. The highest BCUT2D eigenvalue weighted by atomic mass is 16.2. The highest BCUT2D eigenvalue weighted by Gasteiger charge is 2.40. The van der Waals surface area contributed by atoms with Gasteiger partial charge in [-0.25, -0.2) is 0 Å². The Labute approximate surface area is 117 Å². The predicted molar refractivity (Wildman–Crippen MR) is 77.5 cm³/mol. The van der Waals surface area contributed by atoms with Crippen molar-refractivity contribution in [2.45, 2.75) is 84.1 Å². The van der Waals surface area contributed by atoms with Gasteiger partial charge in [0.25, 0.3) is 0 Å². The lowest BCUT2D eigenvalue weighted by atomic mass is 9.74. The maximum absolute atomic E-state index is 12.5. The fourth-order valence-corrected chi connectivity index (χ4v) is 2.96. The van der Waals surface area contributed by atoms with Crippen LogP contribution < -0.4 is 5.32 Å². The summed E-state index contributed by atoms with van der Waals surface area (Å²) < 4.78 is 0. The van der Waals surface area contributed by atoms with Crippen molar-refractivity contribution in [2.75, 3.05) is 0 Å². The molecule has 0 bridgehead atoms. The molecular formula is C16H28N2O. The molecule has 1 fully saturated rings. The Balaban J connectivity index is 2.60. The van der Waals surface area contributed by atoms with E-state index in [-0.39, 0.29) is 11.9 Å². The summed E-state index contributed by atoms with van der Waals surface area (Å²) >= 11 is 0. The number of carbonyl (C=O) groups excluding carboxylic acids is 1. The summed E-state index contributed by atoms with van der Waals surface area (Å²) in [5.41, 5.74) is -0.740. The van der Waals surface area contributed by atoms with Gasteiger partial charge in [0.1, 0.15) is 5.41 Å². The van der Waals surface area contributed by atoms with Crippen LogP contribution in [-0.2, 0) is 4.79 Å². The Morgan fingerprint density at radius 1 is 1.21 bits per heavy atom. The zero-order chi connectivity index (χ0) is 14.1. The van der Waals surface area contributed by atoms with Gasteiger partial charge in [0.2, 0.25) is 5.91 Å². The van der Waals surface area contributed by atoms with E-state index in [0.29, 0.717) is 0 Å². The molecule has 108 valence electrons. The van der Waals surface area contributed by atoms with Gasteiger partial charge < -0.3 is 5.32 Å². The first-order valence-corrected chi connectivity index (χ1v) is 7.90. The van der Waals surface area contributed by atoms with Crippen LogP contribution in [0.3, 0.4) is 0 Å². The Morgan fingerprint density at radius 2 is 1.89 bits per heavy atom. The van der Waals surface area contributed by atoms with E-state index in [4.69, 9.17) is 0 Å². The summed E-state index contributed by atoms with van der Waals surface area (Å²) in [6, 6.07) is 2.56. The number of nitrogens with zero attached hydrogens (tertiary/aromatic N) is 1. The number of nitrogens with one attached hydrogen (secondary N) is 1. The van der Waals surface area contributed by atoms with Crippen molar-refractivity contribution < 1.29 is 4.79 Å². The van der Waals surface area contributed by atoms with Gasteiger partial charge in [-0.15, -0.1) is 0 Å². The number of rotatable bonds is 7. The summed E-state index contributed by atoms with van der Waals surface area (Å²) in [6.45, 7) is 4.31. The van der Waals surface area contributed by atoms with Gasteiger partial charge in [-0.1, -0.05) is 52.4 Å². The van der Waals surface area contributed by atoms with Crippen molar-refractivity contribution in [1.82, 2.24) is 5.32 Å². The molecule has 1 saturated carbocycles. The van der Waals surface area contributed by atoms with E-state index in [2.05, 4.69) is 25.2 Å². The maximum atomic E-state index is 12.5. The van der Waals surface area contributed by atoms with Crippen LogP contribution in [0.2, 0.25) is 0 Å². The van der Waals surface area contributed by atoms with Crippen molar-refractivity contribution >= 4 is 5.91 Å². The van der Waals surface area contributed by atoms with Gasteiger partial charge in [-0.2, -0.15) is 5.26 Å². The van der Waals surface area contributed by atoms with Crippen LogP contribution in [0.5, 0.6) is 0 Å². The number of unbranched alkanes of at least 4 members (excludes halogenated alkanes) is 1. The molecule has 1 rings (SSSR count). The molecule has 19 heavy (non-hydrogen) atoms. The third-order valence-electron chi connectivity index (χ3n) is 4.23. The van der Waals surface area contributed by atoms with E-state index in [1.807, 2.05) is 0 Å². The second-order valence-electron chi connectivity index (χ2n) is 5.86. The monoisotopic (exact) mass is 264 g/mol. The molecule has 3 heteroatoms. The zero-order valence-electron chi connectivity index (χ0n) is 12.5. The second kappa shape index (κ2) is 8.19. The van der Waals surface area contributed by atoms with E-state index in [9.17, 15) is 10.1 Å². The molecule has 0 aromatic rings. The Bertz CT molecular complexity index is 313. The molecule has 0 radical (unpaired) electrons. The van der Waals surface area contributed by atoms with Crippen molar-refractivity contribution in [1.29, 1.82) is 5.26 Å². The lowest BCUT2D eigenvalue weighted by Crippen LogP contribution is -2.46. The van der Waals surface area contributed by atoms with Crippen LogP contribution in [0.4, 0.5) is 0 Å². The van der Waals surface area contributed by atoms with Crippen LogP contribution >= 0.6 is 0 Å². The van der Waals surface area contributed by atoms with E-state index in [1.165, 1.54) is 0 Å². The summed E-state index contributed by atoms with van der Waals surface area (Å²) in [5.74, 6) is -0.00995. The van der Waals surface area contributed by atoms with Crippen molar-refractivity contribution in [3.8, 4) is 6.07 Å². The molecule has 0 aromatic carbocycles. The van der Waals surface area contributed by atoms with E-state index >= 15 is 0 Å². The minimum absolute atomic E-state index is 0.00995. The molecule has 0 heterocycles. The standard InChI is InChI=1S/C16H28N2O/c1-3-5-10-14(9-4-2)18-15(19)16(13-17)11-7-6-8-12-16/h14H,3-12H2,1-2H3,(H,18,19). The molecule has 1 unspecified atom stereocenters. The van der Waals surface area contributed by atoms with Crippen LogP contribution in [0.15, 0.2) is 0 Å². The van der Waals surface area contributed by atoms with Gasteiger partial charge in [-0.3, -0.25) is 4.79 Å². The largest absolute Gasteiger partial charge is 0.352 e. The second-order valence-corrected chi connectivity index (χ2v) is 5.86. The Kier molecular flexibility index (Phi) is 6.91. The number of amides is 1. The first-order chi connectivity index (χ1) is 9.18. The molecule has 1 atom stereocenters. The van der Waals surface area contributed by atoms with Gasteiger partial charge in [0.05, 0.1) is 6.07 Å². The van der Waals surface area contributed by atoms with Crippen LogP contribution in [0.25, 0.3) is 0 Å². The number of carbonyl (C=O) groups is 1. The normalized spacial score (nSPS) is 19.4. The minimum Gasteiger partial charge on any atom is -0.352 e. The lowest BCUT2D eigenvalue weighted by Gasteiger charge is -2.31. The topological polar surface area (TPSA) is 52.9 Å². The minimum atomic E-state index is -0.740. The van der Waals surface area contributed by atoms with Gasteiger partial charge >= 0.3 is 0 Å². The lowest BCUT2D eigenvalue weighted by molar-refractivity contribution is -0.130. The molecule has 3 nitrogen and oxygen atoms in total. The zero-order valence-corrected chi connectivity index (χ0v) is 12.5. The molecule has 0 saturated heterocycles. The Morgan fingerprint density at radius 3 is 2.42 bits per heavy atom. The molecule has 0 spiro atoms. The van der Waals surface area contributed by atoms with E-state index in [1.54, 1.807) is 0 Å². The summed E-state index contributed by atoms with van der Waals surface area (Å²) in [4.78, 5) is 12.5. The number of hydrogen-bond acceptors (Lipinski definition) is 2. The SMILES string of the molecule is CCCCC(CCC)NC(=O)C1(C#N)CCCCC1. The van der Waals surface area contributed by atoms with Crippen molar-refractivity contribution in [3.63, 3.8) is 0 Å². The van der Waals surface area contributed by atoms with E-state index in [0.717, 1.165) is 64.2 Å². The molecule has 0 aromatic heterocycles. The van der Waals surface area contributed by atoms with Crippen LogP contribution in [-0.4, -0.2) is 11.9 Å². The van der Waals surface area contributed by atoms with Crippen LogP contribution in [0, 0.1) is 16.7 Å². The quantitative estimate of drug-likeness (QED) is 0.757. The third kappa shape index (κ3) is 4.53. The third-order valence-corrected chi connectivity index (χ3v) is 4.23. The first kappa shape index (κ1) is 16.0. The molecule has 1 aliphatic carbocycles. The van der Waals surface area contributed by atoms with Crippen molar-refractivity contribution in [3.05, 3.63) is 0 Å². The average Bonchev–Trinajstić information content (AvgIpc) is 2.45. The van der Waals surface area contributed by atoms with Gasteiger partial charge in [-0.05, 0) is 25.7 Å².